The number of hydrogen-bond donors (Lipinski definition) is 1. The Bertz CT molecular complexity index is 336. The van der Waals surface area contributed by atoms with Gasteiger partial charge in [-0.05, 0) is 72.4 Å². The predicted octanol–water partition coefficient (Wildman–Crippen LogP) is 2.41. The van der Waals surface area contributed by atoms with Crippen LogP contribution in [0.5, 0.6) is 0 Å². The molecule has 1 saturated carbocycles. The van der Waals surface area contributed by atoms with E-state index >= 15 is 0 Å². The van der Waals surface area contributed by atoms with Gasteiger partial charge in [-0.1, -0.05) is 0 Å². The van der Waals surface area contributed by atoms with Crippen LogP contribution >= 0.6 is 0 Å². The van der Waals surface area contributed by atoms with Gasteiger partial charge in [-0.2, -0.15) is 0 Å². The van der Waals surface area contributed by atoms with Crippen molar-refractivity contribution in [1.29, 1.82) is 0 Å². The largest absolute Gasteiger partial charge is 0.368 e. The van der Waals surface area contributed by atoms with Crippen LogP contribution in [0.15, 0.2) is 0 Å². The molecule has 0 amide bonds. The average molecular weight is 266 g/mol. The van der Waals surface area contributed by atoms with Gasteiger partial charge in [0.2, 0.25) is 0 Å². The lowest BCUT2D eigenvalue weighted by Crippen LogP contribution is -2.45. The highest BCUT2D eigenvalue weighted by Gasteiger charge is 2.45. The molecule has 0 aromatic heterocycles. The fourth-order valence-electron chi connectivity index (χ4n) is 3.99. The second-order valence-electron chi connectivity index (χ2n) is 8.01. The van der Waals surface area contributed by atoms with Crippen molar-refractivity contribution < 1.29 is 4.74 Å². The fraction of sp³-hybridized carbons (Fsp3) is 1.00. The van der Waals surface area contributed by atoms with E-state index in [1.54, 1.807) is 0 Å². The van der Waals surface area contributed by atoms with Crippen molar-refractivity contribution in [3.63, 3.8) is 0 Å². The normalized spacial score (nSPS) is 37.9. The monoisotopic (exact) mass is 266 g/mol. The summed E-state index contributed by atoms with van der Waals surface area (Å²) >= 11 is 0. The van der Waals surface area contributed by atoms with Crippen molar-refractivity contribution in [2.75, 3.05) is 19.6 Å². The van der Waals surface area contributed by atoms with E-state index in [1.165, 1.54) is 32.4 Å². The fourth-order valence-corrected chi connectivity index (χ4v) is 3.99. The minimum atomic E-state index is -0.0295. The minimum absolute atomic E-state index is 0.0247. The number of rotatable bonds is 4. The molecule has 3 nitrogen and oxygen atoms in total. The van der Waals surface area contributed by atoms with Crippen LogP contribution in [0.2, 0.25) is 0 Å². The first kappa shape index (κ1) is 13.8. The third kappa shape index (κ3) is 3.14. The van der Waals surface area contributed by atoms with Crippen molar-refractivity contribution in [2.45, 2.75) is 76.7 Å². The number of hydrogen-bond acceptors (Lipinski definition) is 3. The zero-order chi connectivity index (χ0) is 13.7. The lowest BCUT2D eigenvalue weighted by Gasteiger charge is -2.28. The van der Waals surface area contributed by atoms with Crippen molar-refractivity contribution >= 4 is 0 Å². The molecule has 3 heteroatoms. The van der Waals surface area contributed by atoms with Crippen LogP contribution < -0.4 is 5.32 Å². The zero-order valence-electron chi connectivity index (χ0n) is 13.0. The SMILES string of the molecule is CC1(C)CC(NCC2CCN(C3CC3)C2)C(C)(C)O1. The molecule has 110 valence electrons. The molecular formula is C16H30N2O. The maximum Gasteiger partial charge on any atom is 0.0787 e. The van der Waals surface area contributed by atoms with E-state index in [0.29, 0.717) is 6.04 Å². The van der Waals surface area contributed by atoms with Crippen LogP contribution in [-0.4, -0.2) is 47.8 Å². The molecule has 2 heterocycles. The molecule has 0 aromatic rings. The van der Waals surface area contributed by atoms with Gasteiger partial charge in [-0.15, -0.1) is 0 Å². The summed E-state index contributed by atoms with van der Waals surface area (Å²) in [5.74, 6) is 0.847. The lowest BCUT2D eigenvalue weighted by molar-refractivity contribution is -0.0699. The molecule has 2 saturated heterocycles. The van der Waals surface area contributed by atoms with Gasteiger partial charge in [0.25, 0.3) is 0 Å². The highest BCUT2D eigenvalue weighted by atomic mass is 16.5. The third-order valence-electron chi connectivity index (χ3n) is 5.11. The molecule has 1 aliphatic carbocycles. The van der Waals surface area contributed by atoms with Crippen LogP contribution in [0, 0.1) is 5.92 Å². The van der Waals surface area contributed by atoms with E-state index in [-0.39, 0.29) is 11.2 Å². The summed E-state index contributed by atoms with van der Waals surface area (Å²) in [7, 11) is 0. The summed E-state index contributed by atoms with van der Waals surface area (Å²) in [5, 5.41) is 3.80. The number of likely N-dealkylation sites (tertiary alicyclic amines) is 1. The Labute approximate surface area is 118 Å². The Balaban J connectivity index is 1.47. The van der Waals surface area contributed by atoms with Crippen LogP contribution in [0.1, 0.15) is 53.4 Å². The first-order chi connectivity index (χ1) is 8.86. The minimum Gasteiger partial charge on any atom is -0.368 e. The van der Waals surface area contributed by atoms with Crippen molar-refractivity contribution in [1.82, 2.24) is 10.2 Å². The summed E-state index contributed by atoms with van der Waals surface area (Å²) < 4.78 is 6.16. The Morgan fingerprint density at radius 2 is 1.89 bits per heavy atom. The summed E-state index contributed by atoms with van der Waals surface area (Å²) in [6.45, 7) is 12.7. The molecule has 2 aliphatic heterocycles. The Morgan fingerprint density at radius 1 is 1.16 bits per heavy atom. The maximum atomic E-state index is 6.16. The second kappa shape index (κ2) is 4.71. The van der Waals surface area contributed by atoms with E-state index in [0.717, 1.165) is 24.9 Å². The van der Waals surface area contributed by atoms with Gasteiger partial charge < -0.3 is 15.0 Å². The van der Waals surface area contributed by atoms with Crippen LogP contribution in [0.3, 0.4) is 0 Å². The Hall–Kier alpha value is -0.120. The Kier molecular flexibility index (Phi) is 3.43. The third-order valence-corrected chi connectivity index (χ3v) is 5.11. The van der Waals surface area contributed by atoms with Crippen LogP contribution in [-0.2, 0) is 4.74 Å². The van der Waals surface area contributed by atoms with Gasteiger partial charge in [0, 0.05) is 18.6 Å². The standard InChI is InChI=1S/C16H30N2O/c1-15(2)9-14(16(3,4)19-15)17-10-12-7-8-18(11-12)13-5-6-13/h12-14,17H,5-11H2,1-4H3. The molecule has 1 N–H and O–H groups in total. The molecule has 0 radical (unpaired) electrons. The molecule has 3 fully saturated rings. The molecule has 0 aromatic carbocycles. The van der Waals surface area contributed by atoms with Crippen molar-refractivity contribution in [2.24, 2.45) is 5.92 Å². The molecule has 2 unspecified atom stereocenters. The van der Waals surface area contributed by atoms with Crippen LogP contribution in [0.25, 0.3) is 0 Å². The molecule has 3 rings (SSSR count). The van der Waals surface area contributed by atoms with Crippen molar-refractivity contribution in [3.05, 3.63) is 0 Å². The number of ether oxygens (including phenoxy) is 1. The summed E-state index contributed by atoms with van der Waals surface area (Å²) in [5.41, 5.74) is -0.00479. The first-order valence-electron chi connectivity index (χ1n) is 8.03. The highest BCUT2D eigenvalue weighted by molar-refractivity contribution is 4.99. The first-order valence-corrected chi connectivity index (χ1v) is 8.03. The lowest BCUT2D eigenvalue weighted by atomic mass is 9.94. The summed E-state index contributed by atoms with van der Waals surface area (Å²) in [6, 6.07) is 1.44. The van der Waals surface area contributed by atoms with E-state index in [9.17, 15) is 0 Å². The molecule has 19 heavy (non-hydrogen) atoms. The molecule has 0 bridgehead atoms. The van der Waals surface area contributed by atoms with Gasteiger partial charge in [-0.3, -0.25) is 0 Å². The van der Waals surface area contributed by atoms with Gasteiger partial charge >= 0.3 is 0 Å². The smallest absolute Gasteiger partial charge is 0.0787 e. The van der Waals surface area contributed by atoms with E-state index in [1.807, 2.05) is 0 Å². The molecular weight excluding hydrogens is 236 g/mol. The zero-order valence-corrected chi connectivity index (χ0v) is 13.0. The quantitative estimate of drug-likeness (QED) is 0.845. The van der Waals surface area contributed by atoms with E-state index < -0.39 is 0 Å². The highest BCUT2D eigenvalue weighted by Crippen LogP contribution is 2.37. The van der Waals surface area contributed by atoms with Crippen molar-refractivity contribution in [3.8, 4) is 0 Å². The topological polar surface area (TPSA) is 24.5 Å². The predicted molar refractivity (Wildman–Crippen MR) is 78.4 cm³/mol. The van der Waals surface area contributed by atoms with Gasteiger partial charge in [-0.25, -0.2) is 0 Å². The van der Waals surface area contributed by atoms with E-state index in [4.69, 9.17) is 4.74 Å². The maximum absolute atomic E-state index is 6.16. The van der Waals surface area contributed by atoms with Gasteiger partial charge in [0.1, 0.15) is 0 Å². The van der Waals surface area contributed by atoms with E-state index in [2.05, 4.69) is 37.9 Å². The molecule has 0 spiro atoms. The van der Waals surface area contributed by atoms with Gasteiger partial charge in [0.05, 0.1) is 11.2 Å². The second-order valence-corrected chi connectivity index (χ2v) is 8.01. The Morgan fingerprint density at radius 3 is 2.47 bits per heavy atom. The summed E-state index contributed by atoms with van der Waals surface area (Å²) in [6.07, 6.45) is 5.38. The number of nitrogens with one attached hydrogen (secondary N) is 1. The molecule has 2 atom stereocenters. The van der Waals surface area contributed by atoms with Gasteiger partial charge in [0.15, 0.2) is 0 Å². The van der Waals surface area contributed by atoms with Crippen LogP contribution in [0.4, 0.5) is 0 Å². The average Bonchev–Trinajstić information content (AvgIpc) is 2.97. The summed E-state index contributed by atoms with van der Waals surface area (Å²) in [4.78, 5) is 2.70. The molecule has 3 aliphatic rings. The number of nitrogens with zero attached hydrogens (tertiary/aromatic N) is 1.